The third-order valence-electron chi connectivity index (χ3n) is 6.32. The van der Waals surface area contributed by atoms with Crippen LogP contribution in [0.2, 0.25) is 0 Å². The molecule has 34 heavy (non-hydrogen) atoms. The Balaban J connectivity index is 1.48. The van der Waals surface area contributed by atoms with Crippen molar-refractivity contribution in [2.75, 3.05) is 34.8 Å². The summed E-state index contributed by atoms with van der Waals surface area (Å²) in [5, 5.41) is 2.80. The monoisotopic (exact) mass is 471 g/mol. The third kappa shape index (κ3) is 4.27. The van der Waals surface area contributed by atoms with E-state index in [1.807, 2.05) is 9.80 Å². The second-order valence-electron chi connectivity index (χ2n) is 8.40. The van der Waals surface area contributed by atoms with Gasteiger partial charge in [0.1, 0.15) is 5.82 Å². The van der Waals surface area contributed by atoms with Crippen LogP contribution in [0.4, 0.5) is 34.9 Å². The number of hydrogen-bond acceptors (Lipinski definition) is 5. The zero-order valence-corrected chi connectivity index (χ0v) is 18.0. The number of halogens is 4. The van der Waals surface area contributed by atoms with Crippen molar-refractivity contribution in [3.63, 3.8) is 0 Å². The van der Waals surface area contributed by atoms with E-state index < -0.39 is 23.5 Å². The van der Waals surface area contributed by atoms with Crippen molar-refractivity contribution in [1.29, 1.82) is 0 Å². The second kappa shape index (κ2) is 8.58. The molecule has 1 saturated heterocycles. The number of aromatic nitrogens is 2. The van der Waals surface area contributed by atoms with Gasteiger partial charge in [0.05, 0.1) is 17.5 Å². The highest BCUT2D eigenvalue weighted by atomic mass is 19.4. The van der Waals surface area contributed by atoms with Crippen molar-refractivity contribution in [2.24, 2.45) is 5.92 Å². The van der Waals surface area contributed by atoms with Crippen LogP contribution >= 0.6 is 0 Å². The van der Waals surface area contributed by atoms with E-state index in [-0.39, 0.29) is 18.4 Å². The molecule has 1 fully saturated rings. The summed E-state index contributed by atoms with van der Waals surface area (Å²) in [5.41, 5.74) is 0.873. The molecule has 0 bridgehead atoms. The number of amides is 1. The molecule has 6 nitrogen and oxygen atoms in total. The van der Waals surface area contributed by atoms with Crippen molar-refractivity contribution in [1.82, 2.24) is 9.97 Å². The van der Waals surface area contributed by atoms with E-state index in [2.05, 4.69) is 15.3 Å². The van der Waals surface area contributed by atoms with Gasteiger partial charge in [0.25, 0.3) is 0 Å². The van der Waals surface area contributed by atoms with Crippen molar-refractivity contribution in [3.05, 3.63) is 77.9 Å². The summed E-state index contributed by atoms with van der Waals surface area (Å²) >= 11 is 0. The molecule has 10 heteroatoms. The minimum Gasteiger partial charge on any atom is -0.364 e. The zero-order valence-electron chi connectivity index (χ0n) is 18.0. The van der Waals surface area contributed by atoms with E-state index in [1.54, 1.807) is 18.5 Å². The van der Waals surface area contributed by atoms with Gasteiger partial charge in [-0.15, -0.1) is 0 Å². The quantitative estimate of drug-likeness (QED) is 0.582. The average Bonchev–Trinajstić information content (AvgIpc) is 2.84. The Hall–Kier alpha value is -3.69. The number of nitrogens with one attached hydrogen (secondary N) is 1. The van der Waals surface area contributed by atoms with E-state index in [0.717, 1.165) is 12.1 Å². The predicted molar refractivity (Wildman–Crippen MR) is 119 cm³/mol. The molecule has 1 aromatic heterocycles. The number of anilines is 3. The first-order valence-corrected chi connectivity index (χ1v) is 10.8. The smallest absolute Gasteiger partial charge is 0.364 e. The van der Waals surface area contributed by atoms with Gasteiger partial charge in [-0.05, 0) is 60.5 Å². The third-order valence-corrected chi connectivity index (χ3v) is 6.32. The van der Waals surface area contributed by atoms with E-state index in [0.29, 0.717) is 42.5 Å². The Kier molecular flexibility index (Phi) is 5.59. The topological polar surface area (TPSA) is 61.4 Å². The van der Waals surface area contributed by atoms with E-state index in [9.17, 15) is 22.4 Å². The lowest BCUT2D eigenvalue weighted by Gasteiger charge is -2.49. The summed E-state index contributed by atoms with van der Waals surface area (Å²) < 4.78 is 53.4. The summed E-state index contributed by atoms with van der Waals surface area (Å²) in [4.78, 5) is 25.9. The molecule has 176 valence electrons. The lowest BCUT2D eigenvalue weighted by Crippen LogP contribution is -2.61. The van der Waals surface area contributed by atoms with Crippen LogP contribution in [0.15, 0.2) is 60.9 Å². The molecule has 2 unspecified atom stereocenters. The molecule has 1 N–H and O–H groups in total. The molecule has 2 aliphatic heterocycles. The molecule has 0 radical (unpaired) electrons. The van der Waals surface area contributed by atoms with Gasteiger partial charge in [-0.25, -0.2) is 14.4 Å². The van der Waals surface area contributed by atoms with Gasteiger partial charge in [0.2, 0.25) is 11.9 Å². The highest BCUT2D eigenvalue weighted by Crippen LogP contribution is 2.40. The van der Waals surface area contributed by atoms with Gasteiger partial charge in [-0.2, -0.15) is 13.2 Å². The van der Waals surface area contributed by atoms with Gasteiger partial charge in [-0.1, -0.05) is 0 Å². The first kappa shape index (κ1) is 22.1. The first-order chi connectivity index (χ1) is 16.3. The van der Waals surface area contributed by atoms with Crippen LogP contribution in [0, 0.1) is 11.7 Å². The van der Waals surface area contributed by atoms with Gasteiger partial charge in [0.15, 0.2) is 0 Å². The lowest BCUT2D eigenvalue weighted by atomic mass is 9.82. The first-order valence-electron chi connectivity index (χ1n) is 10.8. The van der Waals surface area contributed by atoms with Crippen molar-refractivity contribution in [2.45, 2.75) is 18.6 Å². The normalized spacial score (nSPS) is 19.9. The Morgan fingerprint density at radius 1 is 1.03 bits per heavy atom. The maximum atomic E-state index is 13.4. The standard InChI is InChI=1S/C24H21F4N5O/c25-17-3-5-18(6-4-17)31-22(34)19-13-15-12-16(24(26,27)28)2-7-20(15)33-11-10-32(14-21(19)33)23-29-8-1-9-30-23/h1-9,12,19,21H,10-11,13-14H2,(H,31,34). The molecule has 0 saturated carbocycles. The molecule has 0 aliphatic carbocycles. The van der Waals surface area contributed by atoms with Crippen LogP contribution in [0.25, 0.3) is 0 Å². The molecule has 2 atom stereocenters. The molecule has 0 spiro atoms. The molecule has 2 aliphatic rings. The van der Waals surface area contributed by atoms with Crippen LogP contribution in [-0.2, 0) is 17.4 Å². The molecule has 5 rings (SSSR count). The summed E-state index contributed by atoms with van der Waals surface area (Å²) in [5.74, 6) is -0.854. The minimum absolute atomic E-state index is 0.150. The number of nitrogens with zero attached hydrogens (tertiary/aromatic N) is 4. The van der Waals surface area contributed by atoms with Crippen LogP contribution < -0.4 is 15.1 Å². The maximum Gasteiger partial charge on any atom is 0.416 e. The number of hydrogen-bond donors (Lipinski definition) is 1. The van der Waals surface area contributed by atoms with Crippen molar-refractivity contribution >= 4 is 23.2 Å². The van der Waals surface area contributed by atoms with Crippen LogP contribution in [0.5, 0.6) is 0 Å². The van der Waals surface area contributed by atoms with Gasteiger partial charge in [-0.3, -0.25) is 4.79 Å². The van der Waals surface area contributed by atoms with Gasteiger partial charge in [0, 0.05) is 43.4 Å². The van der Waals surface area contributed by atoms with E-state index >= 15 is 0 Å². The number of carbonyl (C=O) groups is 1. The number of piperazine rings is 1. The number of benzene rings is 2. The second-order valence-corrected chi connectivity index (χ2v) is 8.40. The number of alkyl halides is 3. The lowest BCUT2D eigenvalue weighted by molar-refractivity contribution is -0.137. The molecule has 1 amide bonds. The van der Waals surface area contributed by atoms with Crippen molar-refractivity contribution < 1.29 is 22.4 Å². The largest absolute Gasteiger partial charge is 0.416 e. The van der Waals surface area contributed by atoms with Gasteiger partial charge >= 0.3 is 6.18 Å². The highest BCUT2D eigenvalue weighted by molar-refractivity contribution is 5.94. The minimum atomic E-state index is -4.47. The van der Waals surface area contributed by atoms with Gasteiger partial charge < -0.3 is 15.1 Å². The van der Waals surface area contributed by atoms with Crippen LogP contribution in [0.1, 0.15) is 11.1 Å². The number of fused-ring (bicyclic) bond motifs is 3. The van der Waals surface area contributed by atoms with Crippen LogP contribution in [-0.4, -0.2) is 41.6 Å². The van der Waals surface area contributed by atoms with E-state index in [1.165, 1.54) is 30.3 Å². The Morgan fingerprint density at radius 3 is 2.47 bits per heavy atom. The SMILES string of the molecule is O=C(Nc1ccc(F)cc1)C1Cc2cc(C(F)(F)F)ccc2N2CCN(c3ncccn3)CC12. The Labute approximate surface area is 193 Å². The fourth-order valence-corrected chi connectivity index (χ4v) is 4.70. The molecule has 3 heterocycles. The fraction of sp³-hybridized carbons (Fsp3) is 0.292. The zero-order chi connectivity index (χ0) is 23.9. The summed E-state index contributed by atoms with van der Waals surface area (Å²) in [7, 11) is 0. The highest BCUT2D eigenvalue weighted by Gasteiger charge is 2.43. The summed E-state index contributed by atoms with van der Waals surface area (Å²) in [6.07, 6.45) is -1.04. The Bertz CT molecular complexity index is 1190. The summed E-state index contributed by atoms with van der Waals surface area (Å²) in [6.45, 7) is 1.50. The Morgan fingerprint density at radius 2 is 1.76 bits per heavy atom. The molecule has 3 aromatic rings. The van der Waals surface area contributed by atoms with E-state index in [4.69, 9.17) is 0 Å². The number of carbonyl (C=O) groups excluding carboxylic acids is 1. The fourth-order valence-electron chi connectivity index (χ4n) is 4.70. The maximum absolute atomic E-state index is 13.4. The molecule has 2 aromatic carbocycles. The summed E-state index contributed by atoms with van der Waals surface area (Å²) in [6, 6.07) is 10.5. The van der Waals surface area contributed by atoms with Crippen molar-refractivity contribution in [3.8, 4) is 0 Å². The molecular formula is C24H21F4N5O. The molecular weight excluding hydrogens is 450 g/mol. The number of rotatable bonds is 3. The predicted octanol–water partition coefficient (Wildman–Crippen LogP) is 4.14. The van der Waals surface area contributed by atoms with Crippen LogP contribution in [0.3, 0.4) is 0 Å². The average molecular weight is 471 g/mol.